The number of nitriles is 1. The van der Waals surface area contributed by atoms with Crippen LogP contribution in [0.25, 0.3) is 0 Å². The Balaban J connectivity index is 2.42. The molecule has 0 aliphatic rings. The minimum Gasteiger partial charge on any atom is -0.368 e. The molecule has 1 N–H and O–H groups in total. The molecule has 1 heterocycles. The first kappa shape index (κ1) is 11.2. The molecule has 0 saturated carbocycles. The summed E-state index contributed by atoms with van der Waals surface area (Å²) in [5.41, 5.74) is 0.122. The zero-order valence-corrected chi connectivity index (χ0v) is 7.54. The maximum atomic E-state index is 11.8. The lowest BCUT2D eigenvalue weighted by atomic mass is 10.4. The number of nitrogens with zero attached hydrogens (tertiary/aromatic N) is 3. The summed E-state index contributed by atoms with van der Waals surface area (Å²) in [5, 5.41) is 10.8. The van der Waals surface area contributed by atoms with Crippen molar-refractivity contribution in [2.45, 2.75) is 12.6 Å². The summed E-state index contributed by atoms with van der Waals surface area (Å²) < 4.78 is 35.3. The Bertz CT molecular complexity index is 352. The van der Waals surface area contributed by atoms with Crippen LogP contribution in [0.4, 0.5) is 19.0 Å². The number of rotatable bonds is 3. The van der Waals surface area contributed by atoms with Crippen molar-refractivity contribution in [3.05, 3.63) is 18.1 Å². The number of hydrogen-bond donors (Lipinski definition) is 1. The maximum Gasteiger partial charge on any atom is 0.390 e. The molecule has 0 aliphatic carbocycles. The van der Waals surface area contributed by atoms with Crippen molar-refractivity contribution in [1.82, 2.24) is 9.97 Å². The molecule has 0 amide bonds. The second kappa shape index (κ2) is 4.59. The van der Waals surface area contributed by atoms with Gasteiger partial charge >= 0.3 is 6.18 Å². The highest BCUT2D eigenvalue weighted by Crippen LogP contribution is 2.18. The number of alkyl halides is 3. The summed E-state index contributed by atoms with van der Waals surface area (Å²) >= 11 is 0. The quantitative estimate of drug-likeness (QED) is 0.835. The summed E-state index contributed by atoms with van der Waals surface area (Å²) in [6.07, 6.45) is -2.72. The van der Waals surface area contributed by atoms with E-state index >= 15 is 0 Å². The van der Waals surface area contributed by atoms with Crippen LogP contribution in [-0.2, 0) is 0 Å². The molecule has 1 rings (SSSR count). The molecular weight excluding hydrogens is 209 g/mol. The lowest BCUT2D eigenvalue weighted by Crippen LogP contribution is -2.15. The summed E-state index contributed by atoms with van der Waals surface area (Å²) in [5.74, 6) is 0.221. The van der Waals surface area contributed by atoms with Gasteiger partial charge in [-0.2, -0.15) is 18.4 Å². The largest absolute Gasteiger partial charge is 0.390 e. The average molecular weight is 216 g/mol. The van der Waals surface area contributed by atoms with E-state index in [0.29, 0.717) is 0 Å². The second-order valence-corrected chi connectivity index (χ2v) is 2.69. The molecule has 0 radical (unpaired) electrons. The molecule has 0 saturated heterocycles. The van der Waals surface area contributed by atoms with Crippen molar-refractivity contribution in [3.8, 4) is 6.07 Å². The molecular formula is C8H7F3N4. The Morgan fingerprint density at radius 1 is 1.33 bits per heavy atom. The van der Waals surface area contributed by atoms with Gasteiger partial charge in [0.05, 0.1) is 18.8 Å². The van der Waals surface area contributed by atoms with E-state index in [4.69, 9.17) is 5.26 Å². The molecule has 1 aromatic rings. The molecule has 15 heavy (non-hydrogen) atoms. The van der Waals surface area contributed by atoms with E-state index in [1.54, 1.807) is 6.07 Å². The van der Waals surface area contributed by atoms with Crippen LogP contribution in [0.5, 0.6) is 0 Å². The lowest BCUT2D eigenvalue weighted by molar-refractivity contribution is -0.131. The number of hydrogen-bond acceptors (Lipinski definition) is 4. The molecule has 7 heteroatoms. The van der Waals surface area contributed by atoms with E-state index in [-0.39, 0.29) is 18.1 Å². The van der Waals surface area contributed by atoms with Gasteiger partial charge in [-0.25, -0.2) is 9.97 Å². The number of anilines is 1. The van der Waals surface area contributed by atoms with Crippen molar-refractivity contribution in [1.29, 1.82) is 5.26 Å². The lowest BCUT2D eigenvalue weighted by Gasteiger charge is -2.07. The minimum atomic E-state index is -4.19. The van der Waals surface area contributed by atoms with Crippen LogP contribution in [0.1, 0.15) is 12.1 Å². The summed E-state index contributed by atoms with van der Waals surface area (Å²) in [6.45, 7) is -0.260. The SMILES string of the molecule is N#Cc1cnc(NCCC(F)(F)F)cn1. The van der Waals surface area contributed by atoms with Gasteiger partial charge in [0, 0.05) is 6.54 Å². The van der Waals surface area contributed by atoms with Gasteiger partial charge in [-0.05, 0) is 0 Å². The predicted molar refractivity (Wildman–Crippen MR) is 45.9 cm³/mol. The standard InChI is InChI=1S/C8H7F3N4/c9-8(10,11)1-2-13-7-5-14-6(3-12)4-15-7/h4-5H,1-2H2,(H,13,15). The highest BCUT2D eigenvalue weighted by molar-refractivity contribution is 5.32. The molecule has 80 valence electrons. The molecule has 4 nitrogen and oxygen atoms in total. The van der Waals surface area contributed by atoms with Crippen LogP contribution in [0.3, 0.4) is 0 Å². The number of nitrogens with one attached hydrogen (secondary N) is 1. The van der Waals surface area contributed by atoms with Gasteiger partial charge in [0.1, 0.15) is 11.9 Å². The Morgan fingerprint density at radius 2 is 2.07 bits per heavy atom. The highest BCUT2D eigenvalue weighted by atomic mass is 19.4. The average Bonchev–Trinajstić information content (AvgIpc) is 2.17. The van der Waals surface area contributed by atoms with E-state index in [1.165, 1.54) is 12.4 Å². The molecule has 0 atom stereocenters. The highest BCUT2D eigenvalue weighted by Gasteiger charge is 2.26. The molecule has 0 aromatic carbocycles. The van der Waals surface area contributed by atoms with Crippen LogP contribution in [0, 0.1) is 11.3 Å². The van der Waals surface area contributed by atoms with Gasteiger partial charge in [0.2, 0.25) is 0 Å². The molecule has 0 unspecified atom stereocenters. The topological polar surface area (TPSA) is 61.6 Å². The Kier molecular flexibility index (Phi) is 3.44. The van der Waals surface area contributed by atoms with Gasteiger partial charge in [-0.15, -0.1) is 0 Å². The zero-order chi connectivity index (χ0) is 11.3. The first-order valence-corrected chi connectivity index (χ1v) is 4.04. The van der Waals surface area contributed by atoms with Crippen LogP contribution in [-0.4, -0.2) is 22.7 Å². The van der Waals surface area contributed by atoms with E-state index in [2.05, 4.69) is 15.3 Å². The normalized spacial score (nSPS) is 10.8. The van der Waals surface area contributed by atoms with Gasteiger partial charge in [0.25, 0.3) is 0 Å². The van der Waals surface area contributed by atoms with E-state index in [0.717, 1.165) is 0 Å². The number of halogens is 3. The Hall–Kier alpha value is -1.84. The van der Waals surface area contributed by atoms with Crippen molar-refractivity contribution < 1.29 is 13.2 Å². The number of aromatic nitrogens is 2. The molecule has 1 aromatic heterocycles. The third kappa shape index (κ3) is 4.26. The smallest absolute Gasteiger partial charge is 0.368 e. The van der Waals surface area contributed by atoms with E-state index in [1.807, 2.05) is 0 Å². The van der Waals surface area contributed by atoms with Crippen molar-refractivity contribution in [2.75, 3.05) is 11.9 Å². The van der Waals surface area contributed by atoms with Crippen LogP contribution >= 0.6 is 0 Å². The summed E-state index contributed by atoms with van der Waals surface area (Å²) in [6, 6.07) is 1.75. The monoisotopic (exact) mass is 216 g/mol. The third-order valence-electron chi connectivity index (χ3n) is 1.48. The summed E-state index contributed by atoms with van der Waals surface area (Å²) in [7, 11) is 0. The van der Waals surface area contributed by atoms with Crippen molar-refractivity contribution in [3.63, 3.8) is 0 Å². The molecule has 0 bridgehead atoms. The van der Waals surface area contributed by atoms with Gasteiger partial charge in [-0.3, -0.25) is 0 Å². The van der Waals surface area contributed by atoms with Crippen LogP contribution < -0.4 is 5.32 Å². The Morgan fingerprint density at radius 3 is 2.53 bits per heavy atom. The van der Waals surface area contributed by atoms with Gasteiger partial charge < -0.3 is 5.32 Å². The Labute approximate surface area is 83.8 Å². The first-order chi connectivity index (χ1) is 7.01. The van der Waals surface area contributed by atoms with Crippen molar-refractivity contribution in [2.24, 2.45) is 0 Å². The molecule has 0 spiro atoms. The summed E-state index contributed by atoms with van der Waals surface area (Å²) in [4.78, 5) is 7.35. The minimum absolute atomic E-state index is 0.122. The second-order valence-electron chi connectivity index (χ2n) is 2.69. The van der Waals surface area contributed by atoms with Crippen LogP contribution in [0.15, 0.2) is 12.4 Å². The molecule has 0 fully saturated rings. The molecule has 0 aliphatic heterocycles. The third-order valence-corrected chi connectivity index (χ3v) is 1.48. The van der Waals surface area contributed by atoms with Crippen molar-refractivity contribution >= 4 is 5.82 Å². The fraction of sp³-hybridized carbons (Fsp3) is 0.375. The fourth-order valence-corrected chi connectivity index (χ4v) is 0.809. The predicted octanol–water partition coefficient (Wildman–Crippen LogP) is 1.71. The zero-order valence-electron chi connectivity index (χ0n) is 7.54. The van der Waals surface area contributed by atoms with E-state index in [9.17, 15) is 13.2 Å². The van der Waals surface area contributed by atoms with Crippen LogP contribution in [0.2, 0.25) is 0 Å². The maximum absolute atomic E-state index is 11.8. The van der Waals surface area contributed by atoms with Gasteiger partial charge in [0.15, 0.2) is 5.69 Å². The fourth-order valence-electron chi connectivity index (χ4n) is 0.809. The van der Waals surface area contributed by atoms with Gasteiger partial charge in [-0.1, -0.05) is 0 Å². The van der Waals surface area contributed by atoms with E-state index < -0.39 is 12.6 Å². The first-order valence-electron chi connectivity index (χ1n) is 4.04.